The molecule has 0 saturated heterocycles. The first-order valence-electron chi connectivity index (χ1n) is 6.30. The van der Waals surface area contributed by atoms with Crippen molar-refractivity contribution in [3.8, 4) is 0 Å². The Labute approximate surface area is 99.5 Å². The Morgan fingerprint density at radius 3 is 2.50 bits per heavy atom. The van der Waals surface area contributed by atoms with E-state index in [2.05, 4.69) is 43.0 Å². The molecular weight excluding hydrogens is 196 g/mol. The van der Waals surface area contributed by atoms with Gasteiger partial charge in [0.2, 0.25) is 0 Å². The maximum absolute atomic E-state index is 5.50. The fraction of sp³-hybridized carbons (Fsp3) is 0.571. The lowest BCUT2D eigenvalue weighted by molar-refractivity contribution is 0.663. The van der Waals surface area contributed by atoms with Crippen LogP contribution in [0.1, 0.15) is 31.7 Å². The lowest BCUT2D eigenvalue weighted by Gasteiger charge is -2.24. The van der Waals surface area contributed by atoms with Crippen molar-refractivity contribution in [3.05, 3.63) is 29.8 Å². The Morgan fingerprint density at radius 2 is 1.88 bits per heavy atom. The molecule has 1 aromatic carbocycles. The van der Waals surface area contributed by atoms with Gasteiger partial charge in [-0.1, -0.05) is 24.6 Å². The quantitative estimate of drug-likeness (QED) is 0.716. The molecule has 0 atom stereocenters. The van der Waals surface area contributed by atoms with Crippen LogP contribution in [0.5, 0.6) is 0 Å². The van der Waals surface area contributed by atoms with Crippen molar-refractivity contribution in [3.63, 3.8) is 0 Å². The Bertz CT molecular complexity index is 297. The van der Waals surface area contributed by atoms with Crippen LogP contribution in [0.4, 0.5) is 5.69 Å². The van der Waals surface area contributed by atoms with Crippen LogP contribution in [0.3, 0.4) is 0 Å². The predicted octanol–water partition coefficient (Wildman–Crippen LogP) is 2.95. The van der Waals surface area contributed by atoms with Crippen LogP contribution < -0.4 is 10.6 Å². The molecule has 0 fully saturated rings. The summed E-state index contributed by atoms with van der Waals surface area (Å²) in [5, 5.41) is 0. The molecule has 90 valence electrons. The number of anilines is 1. The van der Waals surface area contributed by atoms with E-state index < -0.39 is 0 Å². The molecule has 0 aliphatic heterocycles. The molecule has 0 saturated carbocycles. The van der Waals surface area contributed by atoms with E-state index in [1.807, 2.05) is 0 Å². The van der Waals surface area contributed by atoms with Gasteiger partial charge in [0, 0.05) is 18.8 Å². The largest absolute Gasteiger partial charge is 0.372 e. The summed E-state index contributed by atoms with van der Waals surface area (Å²) in [4.78, 5) is 2.45. The third-order valence-electron chi connectivity index (χ3n) is 2.97. The average Bonchev–Trinajstić information content (AvgIpc) is 2.31. The molecule has 0 aliphatic rings. The number of benzene rings is 1. The van der Waals surface area contributed by atoms with E-state index >= 15 is 0 Å². The van der Waals surface area contributed by atoms with Crippen LogP contribution in [-0.2, 0) is 0 Å². The molecule has 0 bridgehead atoms. The molecule has 1 aromatic rings. The number of hydrogen-bond donors (Lipinski definition) is 1. The first kappa shape index (κ1) is 13.0. The highest BCUT2D eigenvalue weighted by Gasteiger charge is 2.05. The number of aryl methyl sites for hydroxylation is 1. The van der Waals surface area contributed by atoms with E-state index in [9.17, 15) is 0 Å². The van der Waals surface area contributed by atoms with Crippen molar-refractivity contribution in [2.45, 2.75) is 33.1 Å². The number of rotatable bonds is 7. The lowest BCUT2D eigenvalue weighted by atomic mass is 10.1. The Kier molecular flexibility index (Phi) is 5.94. The molecule has 2 N–H and O–H groups in total. The number of para-hydroxylation sites is 1. The molecule has 1 rings (SSSR count). The van der Waals surface area contributed by atoms with E-state index in [1.165, 1.54) is 24.1 Å². The molecule has 16 heavy (non-hydrogen) atoms. The van der Waals surface area contributed by atoms with Gasteiger partial charge < -0.3 is 10.6 Å². The zero-order valence-electron chi connectivity index (χ0n) is 10.6. The summed E-state index contributed by atoms with van der Waals surface area (Å²) in [5.41, 5.74) is 8.24. The minimum atomic E-state index is 0.816. The van der Waals surface area contributed by atoms with Crippen LogP contribution in [0, 0.1) is 6.92 Å². The van der Waals surface area contributed by atoms with Gasteiger partial charge in [-0.3, -0.25) is 0 Å². The maximum Gasteiger partial charge on any atom is 0.0395 e. The molecule has 0 radical (unpaired) electrons. The fourth-order valence-corrected chi connectivity index (χ4v) is 1.99. The van der Waals surface area contributed by atoms with Crippen molar-refractivity contribution < 1.29 is 0 Å². The second-order valence-corrected chi connectivity index (χ2v) is 4.22. The van der Waals surface area contributed by atoms with E-state index in [0.717, 1.165) is 26.1 Å². The second kappa shape index (κ2) is 7.29. The highest BCUT2D eigenvalue weighted by molar-refractivity contribution is 5.52. The number of nitrogens with two attached hydrogens (primary N) is 1. The Morgan fingerprint density at radius 1 is 1.12 bits per heavy atom. The fourth-order valence-electron chi connectivity index (χ4n) is 1.99. The zero-order valence-corrected chi connectivity index (χ0v) is 10.6. The molecule has 0 aliphatic carbocycles. The summed E-state index contributed by atoms with van der Waals surface area (Å²) < 4.78 is 0. The number of nitrogens with zero attached hydrogens (tertiary/aromatic N) is 1. The van der Waals surface area contributed by atoms with Gasteiger partial charge in [-0.15, -0.1) is 0 Å². The SMILES string of the molecule is CCN(CCCCCN)c1ccccc1C. The Balaban J connectivity index is 2.51. The smallest absolute Gasteiger partial charge is 0.0395 e. The highest BCUT2D eigenvalue weighted by atomic mass is 15.1. The minimum Gasteiger partial charge on any atom is -0.372 e. The van der Waals surface area contributed by atoms with Gasteiger partial charge in [0.05, 0.1) is 0 Å². The minimum absolute atomic E-state index is 0.816. The monoisotopic (exact) mass is 220 g/mol. The van der Waals surface area contributed by atoms with Gasteiger partial charge in [0.1, 0.15) is 0 Å². The third-order valence-corrected chi connectivity index (χ3v) is 2.97. The molecule has 0 amide bonds. The standard InChI is InChI=1S/C14H24N2/c1-3-16(12-8-4-7-11-15)14-10-6-5-9-13(14)2/h5-6,9-10H,3-4,7-8,11-12,15H2,1-2H3. The highest BCUT2D eigenvalue weighted by Crippen LogP contribution is 2.19. The van der Waals surface area contributed by atoms with E-state index in [4.69, 9.17) is 5.73 Å². The van der Waals surface area contributed by atoms with Gasteiger partial charge in [0.15, 0.2) is 0 Å². The molecule has 0 spiro atoms. The second-order valence-electron chi connectivity index (χ2n) is 4.22. The van der Waals surface area contributed by atoms with Gasteiger partial charge in [-0.2, -0.15) is 0 Å². The first-order chi connectivity index (χ1) is 7.79. The predicted molar refractivity (Wildman–Crippen MR) is 72.0 cm³/mol. The lowest BCUT2D eigenvalue weighted by Crippen LogP contribution is -2.24. The number of unbranched alkanes of at least 4 members (excludes halogenated alkanes) is 2. The van der Waals surface area contributed by atoms with Crippen molar-refractivity contribution in [1.29, 1.82) is 0 Å². The summed E-state index contributed by atoms with van der Waals surface area (Å²) in [6, 6.07) is 8.60. The van der Waals surface area contributed by atoms with Gasteiger partial charge >= 0.3 is 0 Å². The maximum atomic E-state index is 5.50. The van der Waals surface area contributed by atoms with Crippen molar-refractivity contribution in [2.24, 2.45) is 5.73 Å². The van der Waals surface area contributed by atoms with Crippen molar-refractivity contribution >= 4 is 5.69 Å². The first-order valence-corrected chi connectivity index (χ1v) is 6.30. The summed E-state index contributed by atoms with van der Waals surface area (Å²) in [7, 11) is 0. The summed E-state index contributed by atoms with van der Waals surface area (Å²) >= 11 is 0. The van der Waals surface area contributed by atoms with Crippen LogP contribution in [0.2, 0.25) is 0 Å². The van der Waals surface area contributed by atoms with E-state index in [1.54, 1.807) is 0 Å². The zero-order chi connectivity index (χ0) is 11.8. The molecule has 0 aromatic heterocycles. The average molecular weight is 220 g/mol. The topological polar surface area (TPSA) is 29.3 Å². The van der Waals surface area contributed by atoms with Gasteiger partial charge in [-0.05, 0) is 44.9 Å². The van der Waals surface area contributed by atoms with Crippen LogP contribution >= 0.6 is 0 Å². The summed E-state index contributed by atoms with van der Waals surface area (Å²) in [6.07, 6.45) is 3.61. The van der Waals surface area contributed by atoms with Crippen LogP contribution in [0.15, 0.2) is 24.3 Å². The summed E-state index contributed by atoms with van der Waals surface area (Å²) in [6.45, 7) is 7.43. The van der Waals surface area contributed by atoms with Crippen LogP contribution in [0.25, 0.3) is 0 Å². The van der Waals surface area contributed by atoms with E-state index in [0.29, 0.717) is 0 Å². The van der Waals surface area contributed by atoms with E-state index in [-0.39, 0.29) is 0 Å². The van der Waals surface area contributed by atoms with Crippen molar-refractivity contribution in [1.82, 2.24) is 0 Å². The molecule has 2 nitrogen and oxygen atoms in total. The normalized spacial score (nSPS) is 10.4. The molecule has 0 heterocycles. The molecule has 2 heteroatoms. The molecular formula is C14H24N2. The summed E-state index contributed by atoms with van der Waals surface area (Å²) in [5.74, 6) is 0. The van der Waals surface area contributed by atoms with Crippen molar-refractivity contribution in [2.75, 3.05) is 24.5 Å². The van der Waals surface area contributed by atoms with Gasteiger partial charge in [0.25, 0.3) is 0 Å². The number of hydrogen-bond acceptors (Lipinski definition) is 2. The van der Waals surface area contributed by atoms with Crippen LogP contribution in [-0.4, -0.2) is 19.6 Å². The molecule has 0 unspecified atom stereocenters. The third kappa shape index (κ3) is 3.86. The van der Waals surface area contributed by atoms with Gasteiger partial charge in [-0.25, -0.2) is 0 Å². The Hall–Kier alpha value is -1.02.